The molecule has 2 heteroatoms. The van der Waals surface area contributed by atoms with Crippen molar-refractivity contribution >= 4 is 10.9 Å². The Hall–Kier alpha value is -1.54. The van der Waals surface area contributed by atoms with Gasteiger partial charge in [0.2, 0.25) is 0 Å². The maximum Gasteiger partial charge on any atom is 0.0485 e. The summed E-state index contributed by atoms with van der Waals surface area (Å²) in [5.74, 6) is 0. The Morgan fingerprint density at radius 1 is 1.32 bits per heavy atom. The smallest absolute Gasteiger partial charge is 0.0485 e. The van der Waals surface area contributed by atoms with Gasteiger partial charge in [-0.25, -0.2) is 0 Å². The third kappa shape index (κ3) is 2.21. The fourth-order valence-corrected chi connectivity index (χ4v) is 3.19. The number of benzene rings is 1. The molecule has 2 heterocycles. The number of hydrogen-bond acceptors (Lipinski definition) is 1. The summed E-state index contributed by atoms with van der Waals surface area (Å²) in [5, 5.41) is 1.45. The third-order valence-corrected chi connectivity index (χ3v) is 4.14. The molecule has 1 aromatic carbocycles. The minimum atomic E-state index is 1.09. The van der Waals surface area contributed by atoms with Gasteiger partial charge >= 0.3 is 0 Å². The Morgan fingerprint density at radius 2 is 2.16 bits per heavy atom. The summed E-state index contributed by atoms with van der Waals surface area (Å²) in [6, 6.07) is 8.85. The second-order valence-corrected chi connectivity index (χ2v) is 5.51. The molecule has 1 aliphatic rings. The first-order chi connectivity index (χ1) is 9.31. The van der Waals surface area contributed by atoms with E-state index in [-0.39, 0.29) is 0 Å². The average molecular weight is 254 g/mol. The lowest BCUT2D eigenvalue weighted by atomic mass is 10.1. The number of likely N-dealkylation sites (N-methyl/N-ethyl adjacent to an activating group) is 1. The number of unbranched alkanes of at least 4 members (excludes halogenated alkanes) is 1. The first-order valence-corrected chi connectivity index (χ1v) is 7.19. The standard InChI is InChI=1S/C17H22N2/c1-3-4-7-11-19-16-9-6-5-8-14(16)15-13-18(2)12-10-17(15)19/h3,5-6,8-9H,1,4,7,10-13H2,2H3. The van der Waals surface area contributed by atoms with E-state index in [0.29, 0.717) is 0 Å². The van der Waals surface area contributed by atoms with Crippen molar-refractivity contribution in [2.24, 2.45) is 0 Å². The Morgan fingerprint density at radius 3 is 3.00 bits per heavy atom. The highest BCUT2D eigenvalue weighted by molar-refractivity contribution is 5.85. The first-order valence-electron chi connectivity index (χ1n) is 7.19. The first kappa shape index (κ1) is 12.5. The van der Waals surface area contributed by atoms with Crippen molar-refractivity contribution < 1.29 is 0 Å². The van der Waals surface area contributed by atoms with Crippen LogP contribution in [0, 0.1) is 0 Å². The maximum atomic E-state index is 3.82. The van der Waals surface area contributed by atoms with Gasteiger partial charge in [0.25, 0.3) is 0 Å². The van der Waals surface area contributed by atoms with Crippen molar-refractivity contribution in [2.75, 3.05) is 13.6 Å². The molecule has 1 aromatic heterocycles. The number of hydrogen-bond donors (Lipinski definition) is 0. The van der Waals surface area contributed by atoms with Crippen LogP contribution in [-0.4, -0.2) is 23.1 Å². The summed E-state index contributed by atoms with van der Waals surface area (Å²) >= 11 is 0. The van der Waals surface area contributed by atoms with Crippen LogP contribution in [0.2, 0.25) is 0 Å². The second kappa shape index (κ2) is 5.22. The lowest BCUT2D eigenvalue weighted by Crippen LogP contribution is -2.27. The number of rotatable bonds is 4. The summed E-state index contributed by atoms with van der Waals surface area (Å²) in [4.78, 5) is 2.42. The molecule has 2 nitrogen and oxygen atoms in total. The second-order valence-electron chi connectivity index (χ2n) is 5.51. The molecule has 0 fully saturated rings. The van der Waals surface area contributed by atoms with E-state index >= 15 is 0 Å². The van der Waals surface area contributed by atoms with Gasteiger partial charge in [-0.05, 0) is 31.5 Å². The molecule has 0 N–H and O–H groups in total. The van der Waals surface area contributed by atoms with Gasteiger partial charge in [-0.1, -0.05) is 24.3 Å². The number of aryl methyl sites for hydroxylation is 1. The lowest BCUT2D eigenvalue weighted by Gasteiger charge is -2.24. The largest absolute Gasteiger partial charge is 0.344 e. The third-order valence-electron chi connectivity index (χ3n) is 4.14. The van der Waals surface area contributed by atoms with E-state index in [9.17, 15) is 0 Å². The highest BCUT2D eigenvalue weighted by Crippen LogP contribution is 2.30. The quantitative estimate of drug-likeness (QED) is 0.598. The molecule has 0 saturated heterocycles. The van der Waals surface area contributed by atoms with Crippen LogP contribution in [0.3, 0.4) is 0 Å². The predicted octanol–water partition coefficient (Wildman–Crippen LogP) is 3.60. The van der Waals surface area contributed by atoms with Crippen LogP contribution in [-0.2, 0) is 19.5 Å². The minimum Gasteiger partial charge on any atom is -0.344 e. The molecule has 0 saturated carbocycles. The van der Waals surface area contributed by atoms with Crippen LogP contribution >= 0.6 is 0 Å². The van der Waals surface area contributed by atoms with E-state index in [0.717, 1.165) is 19.5 Å². The number of nitrogens with zero attached hydrogens (tertiary/aromatic N) is 2. The van der Waals surface area contributed by atoms with Crippen LogP contribution < -0.4 is 0 Å². The Kier molecular flexibility index (Phi) is 3.43. The van der Waals surface area contributed by atoms with Crippen molar-refractivity contribution in [2.45, 2.75) is 32.4 Å². The van der Waals surface area contributed by atoms with Crippen molar-refractivity contribution in [3.05, 3.63) is 48.2 Å². The normalized spacial score (nSPS) is 15.6. The van der Waals surface area contributed by atoms with E-state index in [2.05, 4.69) is 47.4 Å². The molecular formula is C17H22N2. The molecule has 0 bridgehead atoms. The van der Waals surface area contributed by atoms with Gasteiger partial charge in [0.15, 0.2) is 0 Å². The Bertz CT molecular complexity index is 595. The van der Waals surface area contributed by atoms with Crippen molar-refractivity contribution in [1.29, 1.82) is 0 Å². The molecule has 0 radical (unpaired) electrons. The van der Waals surface area contributed by atoms with E-state index in [1.807, 2.05) is 6.08 Å². The van der Waals surface area contributed by atoms with Crippen molar-refractivity contribution in [1.82, 2.24) is 9.47 Å². The fraction of sp³-hybridized carbons (Fsp3) is 0.412. The van der Waals surface area contributed by atoms with Crippen molar-refractivity contribution in [3.8, 4) is 0 Å². The fourth-order valence-electron chi connectivity index (χ4n) is 3.19. The summed E-state index contributed by atoms with van der Waals surface area (Å²) in [6.07, 6.45) is 5.48. The highest BCUT2D eigenvalue weighted by atomic mass is 15.1. The molecule has 19 heavy (non-hydrogen) atoms. The van der Waals surface area contributed by atoms with Crippen LogP contribution in [0.1, 0.15) is 24.1 Å². The molecule has 0 spiro atoms. The highest BCUT2D eigenvalue weighted by Gasteiger charge is 2.21. The number of allylic oxidation sites excluding steroid dienone is 1. The molecule has 3 rings (SSSR count). The zero-order chi connectivity index (χ0) is 13.2. The van der Waals surface area contributed by atoms with Gasteiger partial charge in [-0.15, -0.1) is 6.58 Å². The van der Waals surface area contributed by atoms with Crippen molar-refractivity contribution in [3.63, 3.8) is 0 Å². The molecule has 100 valence electrons. The van der Waals surface area contributed by atoms with Gasteiger partial charge in [-0.3, -0.25) is 0 Å². The van der Waals surface area contributed by atoms with Gasteiger partial charge in [0.05, 0.1) is 0 Å². The molecule has 0 aliphatic carbocycles. The van der Waals surface area contributed by atoms with E-state index in [4.69, 9.17) is 0 Å². The number of aromatic nitrogens is 1. The van der Waals surface area contributed by atoms with E-state index < -0.39 is 0 Å². The van der Waals surface area contributed by atoms with E-state index in [1.54, 1.807) is 11.3 Å². The minimum absolute atomic E-state index is 1.09. The van der Waals surface area contributed by atoms with Crippen LogP contribution in [0.15, 0.2) is 36.9 Å². The average Bonchev–Trinajstić information content (AvgIpc) is 2.73. The van der Waals surface area contributed by atoms with Gasteiger partial charge in [0.1, 0.15) is 0 Å². The molecule has 0 amide bonds. The van der Waals surface area contributed by atoms with Gasteiger partial charge < -0.3 is 9.47 Å². The Balaban J connectivity index is 2.06. The van der Waals surface area contributed by atoms with E-state index in [1.165, 1.54) is 30.3 Å². The summed E-state index contributed by atoms with van der Waals surface area (Å²) in [6.45, 7) is 7.20. The summed E-state index contributed by atoms with van der Waals surface area (Å²) in [5.41, 5.74) is 4.51. The summed E-state index contributed by atoms with van der Waals surface area (Å²) < 4.78 is 2.54. The zero-order valence-corrected chi connectivity index (χ0v) is 11.7. The van der Waals surface area contributed by atoms with Crippen LogP contribution in [0.25, 0.3) is 10.9 Å². The predicted molar refractivity (Wildman–Crippen MR) is 81.4 cm³/mol. The van der Waals surface area contributed by atoms with Crippen LogP contribution in [0.4, 0.5) is 0 Å². The molecule has 0 unspecified atom stereocenters. The molecule has 0 atom stereocenters. The van der Waals surface area contributed by atoms with Crippen LogP contribution in [0.5, 0.6) is 0 Å². The maximum absolute atomic E-state index is 3.82. The number of fused-ring (bicyclic) bond motifs is 3. The SMILES string of the molecule is C=CCCCn1c2c(c3ccccc31)CN(C)CC2. The molecule has 2 aromatic rings. The van der Waals surface area contributed by atoms with Gasteiger partial charge in [0, 0.05) is 42.7 Å². The Labute approximate surface area is 115 Å². The summed E-state index contributed by atoms with van der Waals surface area (Å²) in [7, 11) is 2.22. The zero-order valence-electron chi connectivity index (χ0n) is 11.7. The monoisotopic (exact) mass is 254 g/mol. The van der Waals surface area contributed by atoms with Gasteiger partial charge in [-0.2, -0.15) is 0 Å². The molecule has 1 aliphatic heterocycles. The topological polar surface area (TPSA) is 8.17 Å². The lowest BCUT2D eigenvalue weighted by molar-refractivity contribution is 0.309. The molecular weight excluding hydrogens is 232 g/mol. The number of para-hydroxylation sites is 1.